The molecule has 1 fully saturated rings. The average molecular weight is 322 g/mol. The van der Waals surface area contributed by atoms with Crippen LogP contribution in [0.4, 0.5) is 11.4 Å². The molecule has 5 heteroatoms. The van der Waals surface area contributed by atoms with Crippen LogP contribution in [0.1, 0.15) is 33.3 Å². The zero-order valence-electron chi connectivity index (χ0n) is 14.9. The fourth-order valence-electron chi connectivity index (χ4n) is 2.40. The van der Waals surface area contributed by atoms with E-state index >= 15 is 0 Å². The van der Waals surface area contributed by atoms with Crippen LogP contribution in [0.15, 0.2) is 58.8 Å². The van der Waals surface area contributed by atoms with Crippen molar-refractivity contribution in [3.63, 3.8) is 0 Å². The van der Waals surface area contributed by atoms with E-state index < -0.39 is 0 Å². The first-order chi connectivity index (χ1) is 11.3. The van der Waals surface area contributed by atoms with E-state index in [1.165, 1.54) is 5.56 Å². The molecule has 0 radical (unpaired) electrons. The van der Waals surface area contributed by atoms with Gasteiger partial charge in [0.15, 0.2) is 0 Å². The first-order valence-electron chi connectivity index (χ1n) is 8.21. The second-order valence-electron chi connectivity index (χ2n) is 7.22. The summed E-state index contributed by atoms with van der Waals surface area (Å²) in [6.07, 6.45) is 0. The molecule has 0 spiro atoms. The summed E-state index contributed by atoms with van der Waals surface area (Å²) in [5.41, 5.74) is 3.18. The highest BCUT2D eigenvalue weighted by Gasteiger charge is 2.51. The van der Waals surface area contributed by atoms with E-state index in [9.17, 15) is 0 Å². The molecule has 1 aliphatic heterocycles. The van der Waals surface area contributed by atoms with Crippen molar-refractivity contribution in [2.75, 3.05) is 0 Å². The van der Waals surface area contributed by atoms with Crippen LogP contribution in [-0.2, 0) is 9.31 Å². The number of benzene rings is 2. The molecule has 1 aliphatic rings. The Kier molecular flexibility index (Phi) is 4.32. The minimum atomic E-state index is -0.349. The molecule has 0 bridgehead atoms. The SMILES string of the molecule is Cc1ccc(N=Nc2ccc(B3OC(C)(C)C(C)(C)O3)cc2)cc1. The topological polar surface area (TPSA) is 43.2 Å². The van der Waals surface area contributed by atoms with Crippen LogP contribution in [0.3, 0.4) is 0 Å². The number of aryl methyl sites for hydroxylation is 1. The van der Waals surface area contributed by atoms with Gasteiger partial charge < -0.3 is 9.31 Å². The summed E-state index contributed by atoms with van der Waals surface area (Å²) in [4.78, 5) is 0. The highest BCUT2D eigenvalue weighted by molar-refractivity contribution is 6.62. The molecule has 4 nitrogen and oxygen atoms in total. The van der Waals surface area contributed by atoms with Crippen LogP contribution >= 0.6 is 0 Å². The highest BCUT2D eigenvalue weighted by Crippen LogP contribution is 2.36. The van der Waals surface area contributed by atoms with E-state index in [0.29, 0.717) is 0 Å². The molecule has 0 aromatic heterocycles. The molecule has 24 heavy (non-hydrogen) atoms. The Morgan fingerprint density at radius 3 is 1.58 bits per heavy atom. The Balaban J connectivity index is 1.71. The Morgan fingerprint density at radius 1 is 0.708 bits per heavy atom. The molecule has 1 heterocycles. The fraction of sp³-hybridized carbons (Fsp3) is 0.368. The smallest absolute Gasteiger partial charge is 0.399 e. The van der Waals surface area contributed by atoms with Gasteiger partial charge in [0.2, 0.25) is 0 Å². The van der Waals surface area contributed by atoms with Gasteiger partial charge in [-0.1, -0.05) is 29.8 Å². The molecule has 0 unspecified atom stereocenters. The second-order valence-corrected chi connectivity index (χ2v) is 7.22. The Bertz CT molecular complexity index is 721. The van der Waals surface area contributed by atoms with E-state index in [1.807, 2.05) is 48.5 Å². The van der Waals surface area contributed by atoms with Crippen molar-refractivity contribution in [3.05, 3.63) is 54.1 Å². The van der Waals surface area contributed by atoms with Gasteiger partial charge in [0, 0.05) is 0 Å². The van der Waals surface area contributed by atoms with Crippen molar-refractivity contribution >= 4 is 24.0 Å². The van der Waals surface area contributed by atoms with Crippen LogP contribution in [0.5, 0.6) is 0 Å². The van der Waals surface area contributed by atoms with Crippen LogP contribution in [-0.4, -0.2) is 18.3 Å². The van der Waals surface area contributed by atoms with Crippen molar-refractivity contribution in [1.82, 2.24) is 0 Å². The molecule has 0 aliphatic carbocycles. The summed E-state index contributed by atoms with van der Waals surface area (Å²) in [7, 11) is -0.349. The maximum Gasteiger partial charge on any atom is 0.494 e. The molecule has 0 saturated carbocycles. The fourth-order valence-corrected chi connectivity index (χ4v) is 2.40. The van der Waals surface area contributed by atoms with E-state index in [-0.39, 0.29) is 18.3 Å². The zero-order valence-corrected chi connectivity index (χ0v) is 14.9. The van der Waals surface area contributed by atoms with Crippen LogP contribution in [0.25, 0.3) is 0 Å². The van der Waals surface area contributed by atoms with E-state index in [4.69, 9.17) is 9.31 Å². The third kappa shape index (κ3) is 3.42. The third-order valence-electron chi connectivity index (χ3n) is 4.73. The maximum absolute atomic E-state index is 6.05. The maximum atomic E-state index is 6.05. The summed E-state index contributed by atoms with van der Waals surface area (Å²) in [5.74, 6) is 0. The summed E-state index contributed by atoms with van der Waals surface area (Å²) < 4.78 is 12.1. The van der Waals surface area contributed by atoms with Crippen molar-refractivity contribution in [2.45, 2.75) is 45.8 Å². The summed E-state index contributed by atoms with van der Waals surface area (Å²) in [5, 5.41) is 8.53. The van der Waals surface area contributed by atoms with Gasteiger partial charge in [-0.3, -0.25) is 0 Å². The van der Waals surface area contributed by atoms with Gasteiger partial charge >= 0.3 is 7.12 Å². The quantitative estimate of drug-likeness (QED) is 0.607. The minimum absolute atomic E-state index is 0.332. The third-order valence-corrected chi connectivity index (χ3v) is 4.73. The standard InChI is InChI=1S/C19H23BN2O2/c1-14-6-10-16(11-7-14)21-22-17-12-8-15(9-13-17)20-23-18(2,3)19(4,5)24-20/h6-13H,1-5H3. The molecule has 0 N–H and O–H groups in total. The number of hydrogen-bond acceptors (Lipinski definition) is 4. The van der Waals surface area contributed by atoms with Gasteiger partial charge in [-0.05, 0) is 64.3 Å². The van der Waals surface area contributed by atoms with Crippen molar-refractivity contribution < 1.29 is 9.31 Å². The Morgan fingerprint density at radius 2 is 1.12 bits per heavy atom. The van der Waals surface area contributed by atoms with Gasteiger partial charge in [0.05, 0.1) is 22.6 Å². The normalized spacial score (nSPS) is 19.1. The van der Waals surface area contributed by atoms with E-state index in [2.05, 4.69) is 44.8 Å². The number of rotatable bonds is 3. The van der Waals surface area contributed by atoms with Crippen LogP contribution < -0.4 is 5.46 Å². The van der Waals surface area contributed by atoms with Gasteiger partial charge in [-0.15, -0.1) is 0 Å². The van der Waals surface area contributed by atoms with Crippen molar-refractivity contribution in [2.24, 2.45) is 10.2 Å². The predicted molar refractivity (Wildman–Crippen MR) is 97.5 cm³/mol. The van der Waals surface area contributed by atoms with Crippen molar-refractivity contribution in [1.29, 1.82) is 0 Å². The molecule has 0 amide bonds. The first-order valence-corrected chi connectivity index (χ1v) is 8.21. The van der Waals surface area contributed by atoms with Gasteiger partial charge in [0.25, 0.3) is 0 Å². The Hall–Kier alpha value is -1.98. The summed E-state index contributed by atoms with van der Waals surface area (Å²) in [6, 6.07) is 15.8. The van der Waals surface area contributed by atoms with Gasteiger partial charge in [0.1, 0.15) is 0 Å². The number of azo groups is 1. The first kappa shape index (κ1) is 16.9. The zero-order chi connectivity index (χ0) is 17.4. The molecule has 1 saturated heterocycles. The molecule has 3 rings (SSSR count). The number of nitrogens with zero attached hydrogens (tertiary/aromatic N) is 2. The van der Waals surface area contributed by atoms with Gasteiger partial charge in [-0.2, -0.15) is 10.2 Å². The molecule has 2 aromatic carbocycles. The molecule has 124 valence electrons. The lowest BCUT2D eigenvalue weighted by Gasteiger charge is -2.32. The lowest BCUT2D eigenvalue weighted by atomic mass is 9.79. The minimum Gasteiger partial charge on any atom is -0.399 e. The molecular formula is C19H23BN2O2. The number of hydrogen-bond donors (Lipinski definition) is 0. The molecule has 0 atom stereocenters. The van der Waals surface area contributed by atoms with Crippen LogP contribution in [0, 0.1) is 6.92 Å². The van der Waals surface area contributed by atoms with E-state index in [0.717, 1.165) is 16.8 Å². The molecular weight excluding hydrogens is 299 g/mol. The largest absolute Gasteiger partial charge is 0.494 e. The van der Waals surface area contributed by atoms with Crippen molar-refractivity contribution in [3.8, 4) is 0 Å². The summed E-state index contributed by atoms with van der Waals surface area (Å²) >= 11 is 0. The van der Waals surface area contributed by atoms with E-state index in [1.54, 1.807) is 0 Å². The van der Waals surface area contributed by atoms with Gasteiger partial charge in [-0.25, -0.2) is 0 Å². The lowest BCUT2D eigenvalue weighted by molar-refractivity contribution is 0.00578. The lowest BCUT2D eigenvalue weighted by Crippen LogP contribution is -2.41. The highest BCUT2D eigenvalue weighted by atomic mass is 16.7. The average Bonchev–Trinajstić information content (AvgIpc) is 2.75. The summed E-state index contributed by atoms with van der Waals surface area (Å²) in [6.45, 7) is 10.3. The monoisotopic (exact) mass is 322 g/mol. The Labute approximate surface area is 144 Å². The second kappa shape index (κ2) is 6.15. The predicted octanol–water partition coefficient (Wildman–Crippen LogP) is 4.71. The van der Waals surface area contributed by atoms with Crippen LogP contribution in [0.2, 0.25) is 0 Å². The molecule has 2 aromatic rings.